The molecule has 3 heterocycles. The Kier molecular flexibility index (Phi) is 8.08. The van der Waals surface area contributed by atoms with E-state index in [-0.39, 0.29) is 0 Å². The van der Waals surface area contributed by atoms with Crippen LogP contribution in [0.2, 0.25) is 0 Å². The highest BCUT2D eigenvalue weighted by atomic mass is 32.1. The first-order valence-corrected chi connectivity index (χ1v) is 9.76. The molecule has 0 saturated carbocycles. The van der Waals surface area contributed by atoms with Crippen molar-refractivity contribution < 1.29 is 32.5 Å². The van der Waals surface area contributed by atoms with Gasteiger partial charge in [-0.05, 0) is 49.2 Å². The lowest BCUT2D eigenvalue weighted by Crippen LogP contribution is -2.49. The minimum Gasteiger partial charge on any atom is -0.475 e. The normalized spacial score (nSPS) is 22.9. The number of thiophene rings is 1. The first-order chi connectivity index (χ1) is 12.8. The van der Waals surface area contributed by atoms with Gasteiger partial charge in [0.25, 0.3) is 0 Å². The summed E-state index contributed by atoms with van der Waals surface area (Å²) in [4.78, 5) is 13.0. The van der Waals surface area contributed by atoms with Gasteiger partial charge in [0, 0.05) is 31.1 Å². The molecule has 1 unspecified atom stereocenters. The zero-order valence-electron chi connectivity index (χ0n) is 15.3. The van der Waals surface area contributed by atoms with Crippen molar-refractivity contribution in [3.05, 3.63) is 22.4 Å². The quantitative estimate of drug-likeness (QED) is 0.823. The molecule has 9 heteroatoms. The maximum absolute atomic E-state index is 10.6. The lowest BCUT2D eigenvalue weighted by molar-refractivity contribution is -0.192. The fraction of sp³-hybridized carbons (Fsp3) is 0.722. The van der Waals surface area contributed by atoms with Gasteiger partial charge in [0.05, 0.1) is 13.2 Å². The van der Waals surface area contributed by atoms with Crippen LogP contribution in [0, 0.1) is 11.3 Å². The van der Waals surface area contributed by atoms with Gasteiger partial charge in [-0.1, -0.05) is 6.07 Å². The number of alkyl halides is 3. The summed E-state index contributed by atoms with van der Waals surface area (Å²) < 4.78 is 42.8. The number of rotatable bonds is 4. The maximum Gasteiger partial charge on any atom is 0.490 e. The number of aliphatic carboxylic acids is 1. The molecular weight excluding hydrogens is 383 g/mol. The van der Waals surface area contributed by atoms with Gasteiger partial charge >= 0.3 is 12.1 Å². The number of ether oxygens (including phenoxy) is 2. The Hall–Kier alpha value is -1.16. The molecule has 1 spiro atoms. The van der Waals surface area contributed by atoms with Gasteiger partial charge in [0.1, 0.15) is 0 Å². The molecule has 2 aliphatic heterocycles. The van der Waals surface area contributed by atoms with Crippen LogP contribution in [0.1, 0.15) is 24.1 Å². The van der Waals surface area contributed by atoms with Crippen molar-refractivity contribution in [2.75, 3.05) is 40.0 Å². The van der Waals surface area contributed by atoms with Gasteiger partial charge in [0.2, 0.25) is 0 Å². The molecular formula is C18H26F3NO4S. The third kappa shape index (κ3) is 6.44. The topological polar surface area (TPSA) is 59.0 Å². The van der Waals surface area contributed by atoms with Crippen LogP contribution in [-0.2, 0) is 20.8 Å². The lowest BCUT2D eigenvalue weighted by atomic mass is 9.66. The van der Waals surface area contributed by atoms with Gasteiger partial charge < -0.3 is 14.6 Å². The number of piperidine rings is 1. The standard InChI is InChI=1S/C16H25NO2S.C2HF3O2/c1-18-12-14-13-19-9-6-16(14)4-7-17(8-5-16)11-15-3-2-10-20-15;3-2(4,5)1(6)7/h2-3,10,14H,4-9,11-13H2,1H3;(H,6,7). The molecule has 1 aromatic heterocycles. The lowest BCUT2D eigenvalue weighted by Gasteiger charge is -2.48. The highest BCUT2D eigenvalue weighted by Crippen LogP contribution is 2.45. The Morgan fingerprint density at radius 3 is 2.59 bits per heavy atom. The Morgan fingerprint density at radius 1 is 1.41 bits per heavy atom. The molecule has 2 fully saturated rings. The number of carboxylic acids is 1. The summed E-state index contributed by atoms with van der Waals surface area (Å²) in [6.45, 7) is 6.24. The van der Waals surface area contributed by atoms with Crippen molar-refractivity contribution in [3.8, 4) is 0 Å². The predicted molar refractivity (Wildman–Crippen MR) is 95.8 cm³/mol. The molecule has 1 aromatic rings. The molecule has 0 amide bonds. The molecule has 3 rings (SSSR count). The van der Waals surface area contributed by atoms with E-state index >= 15 is 0 Å². The van der Waals surface area contributed by atoms with Gasteiger partial charge in [-0.15, -0.1) is 11.3 Å². The molecule has 5 nitrogen and oxygen atoms in total. The summed E-state index contributed by atoms with van der Waals surface area (Å²) in [5.74, 6) is -2.17. The molecule has 1 N–H and O–H groups in total. The number of methoxy groups -OCH3 is 1. The smallest absolute Gasteiger partial charge is 0.475 e. The van der Waals surface area contributed by atoms with Gasteiger partial charge in [-0.2, -0.15) is 13.2 Å². The van der Waals surface area contributed by atoms with Gasteiger partial charge in [-0.25, -0.2) is 4.79 Å². The van der Waals surface area contributed by atoms with Crippen molar-refractivity contribution in [3.63, 3.8) is 0 Å². The van der Waals surface area contributed by atoms with Gasteiger partial charge in [-0.3, -0.25) is 4.90 Å². The number of nitrogens with zero attached hydrogens (tertiary/aromatic N) is 1. The molecule has 1 atom stereocenters. The second-order valence-electron chi connectivity index (χ2n) is 7.00. The summed E-state index contributed by atoms with van der Waals surface area (Å²) in [7, 11) is 1.81. The number of likely N-dealkylation sites (tertiary alicyclic amines) is 1. The zero-order chi connectivity index (χ0) is 19.9. The second-order valence-corrected chi connectivity index (χ2v) is 8.03. The number of carbonyl (C=O) groups is 1. The molecule has 154 valence electrons. The number of hydrogen-bond donors (Lipinski definition) is 1. The molecule has 0 bridgehead atoms. The number of hydrogen-bond acceptors (Lipinski definition) is 5. The minimum absolute atomic E-state index is 0.472. The Morgan fingerprint density at radius 2 is 2.07 bits per heavy atom. The SMILES string of the molecule is COCC1COCCC12CCN(Cc1cccs1)CC2.O=C(O)C(F)(F)F. The third-order valence-corrected chi connectivity index (χ3v) is 6.21. The van der Waals surface area contributed by atoms with E-state index in [0.717, 1.165) is 26.4 Å². The summed E-state index contributed by atoms with van der Waals surface area (Å²) in [6, 6.07) is 4.40. The fourth-order valence-corrected chi connectivity index (χ4v) is 4.49. The Balaban J connectivity index is 0.000000321. The van der Waals surface area contributed by atoms with Crippen molar-refractivity contribution in [2.45, 2.75) is 32.0 Å². The average Bonchev–Trinajstić information content (AvgIpc) is 3.12. The summed E-state index contributed by atoms with van der Waals surface area (Å²) in [5, 5.41) is 9.30. The van der Waals surface area contributed by atoms with E-state index in [1.165, 1.54) is 37.2 Å². The van der Waals surface area contributed by atoms with E-state index in [9.17, 15) is 13.2 Å². The van der Waals surface area contributed by atoms with E-state index in [4.69, 9.17) is 19.4 Å². The van der Waals surface area contributed by atoms with Crippen LogP contribution in [0.15, 0.2) is 17.5 Å². The molecule has 2 saturated heterocycles. The van der Waals surface area contributed by atoms with Crippen molar-refractivity contribution >= 4 is 17.3 Å². The monoisotopic (exact) mass is 409 g/mol. The molecule has 27 heavy (non-hydrogen) atoms. The van der Waals surface area contributed by atoms with Crippen LogP contribution < -0.4 is 0 Å². The highest BCUT2D eigenvalue weighted by Gasteiger charge is 2.43. The fourth-order valence-electron chi connectivity index (χ4n) is 3.75. The van der Waals surface area contributed by atoms with E-state index in [2.05, 4.69) is 22.4 Å². The maximum atomic E-state index is 10.6. The first kappa shape index (κ1) is 22.1. The van der Waals surface area contributed by atoms with Crippen molar-refractivity contribution in [1.29, 1.82) is 0 Å². The van der Waals surface area contributed by atoms with E-state index < -0.39 is 12.1 Å². The zero-order valence-corrected chi connectivity index (χ0v) is 16.2. The van der Waals surface area contributed by atoms with E-state index in [1.807, 2.05) is 18.4 Å². The Bertz CT molecular complexity index is 570. The molecule has 2 aliphatic rings. The van der Waals surface area contributed by atoms with Crippen molar-refractivity contribution in [1.82, 2.24) is 4.90 Å². The van der Waals surface area contributed by atoms with Crippen LogP contribution in [0.3, 0.4) is 0 Å². The summed E-state index contributed by atoms with van der Waals surface area (Å²) >= 11 is 1.87. The molecule has 0 aromatic carbocycles. The van der Waals surface area contributed by atoms with E-state index in [1.54, 1.807) is 0 Å². The Labute approximate surface area is 161 Å². The van der Waals surface area contributed by atoms with Crippen LogP contribution in [0.4, 0.5) is 13.2 Å². The predicted octanol–water partition coefficient (Wildman–Crippen LogP) is 3.65. The number of halogens is 3. The number of carboxylic acid groups (broad SMARTS) is 1. The highest BCUT2D eigenvalue weighted by molar-refractivity contribution is 7.09. The second kappa shape index (κ2) is 9.86. The summed E-state index contributed by atoms with van der Waals surface area (Å²) in [5.41, 5.74) is 0.472. The molecule has 0 radical (unpaired) electrons. The van der Waals surface area contributed by atoms with Crippen molar-refractivity contribution in [2.24, 2.45) is 11.3 Å². The first-order valence-electron chi connectivity index (χ1n) is 8.88. The third-order valence-electron chi connectivity index (χ3n) is 5.35. The average molecular weight is 409 g/mol. The summed E-state index contributed by atoms with van der Waals surface area (Å²) in [6.07, 6.45) is -1.26. The minimum atomic E-state index is -5.08. The van der Waals surface area contributed by atoms with Gasteiger partial charge in [0.15, 0.2) is 0 Å². The van der Waals surface area contributed by atoms with Crippen LogP contribution in [0.5, 0.6) is 0 Å². The van der Waals surface area contributed by atoms with Crippen LogP contribution >= 0.6 is 11.3 Å². The van der Waals surface area contributed by atoms with Crippen LogP contribution in [0.25, 0.3) is 0 Å². The largest absolute Gasteiger partial charge is 0.490 e. The van der Waals surface area contributed by atoms with Crippen LogP contribution in [-0.4, -0.2) is 62.2 Å². The molecule has 0 aliphatic carbocycles. The van der Waals surface area contributed by atoms with E-state index in [0.29, 0.717) is 11.3 Å².